The predicted octanol–water partition coefficient (Wildman–Crippen LogP) is 3.68. The zero-order valence-corrected chi connectivity index (χ0v) is 10.5. The molecule has 1 fully saturated rings. The van der Waals surface area contributed by atoms with Gasteiger partial charge in [0.2, 0.25) is 0 Å². The molecule has 0 aliphatic heterocycles. The minimum Gasteiger partial charge on any atom is -0.361 e. The van der Waals surface area contributed by atoms with Gasteiger partial charge in [-0.05, 0) is 37.8 Å². The summed E-state index contributed by atoms with van der Waals surface area (Å²) in [6, 6.07) is 8.11. The molecule has 2 nitrogen and oxygen atoms in total. The number of aryl methyl sites for hydroxylation is 1. The number of hydrogen-bond donors (Lipinski definition) is 1. The van der Waals surface area contributed by atoms with Crippen LogP contribution in [-0.2, 0) is 4.79 Å². The fourth-order valence-corrected chi connectivity index (χ4v) is 2.21. The van der Waals surface area contributed by atoms with Crippen LogP contribution < -0.4 is 5.32 Å². The summed E-state index contributed by atoms with van der Waals surface area (Å²) in [4.78, 5) is 11.9. The van der Waals surface area contributed by atoms with Crippen LogP contribution >= 0.6 is 0 Å². The van der Waals surface area contributed by atoms with Crippen molar-refractivity contribution in [1.29, 1.82) is 0 Å². The number of hydrogen-bond acceptors (Lipinski definition) is 2. The zero-order valence-electron chi connectivity index (χ0n) is 10.5. The number of carbonyl (C=O) groups excluding carboxylic acids is 1. The number of nitrogens with one attached hydrogen (secondary N) is 1. The first-order valence-electron chi connectivity index (χ1n) is 6.24. The topological polar surface area (TPSA) is 29.1 Å². The molecule has 0 heterocycles. The van der Waals surface area contributed by atoms with Gasteiger partial charge in [-0.3, -0.25) is 4.79 Å². The Hall–Kier alpha value is -1.57. The van der Waals surface area contributed by atoms with Gasteiger partial charge in [-0.2, -0.15) is 0 Å². The molecule has 0 aromatic heterocycles. The van der Waals surface area contributed by atoms with Gasteiger partial charge in [0.1, 0.15) is 0 Å². The molecule has 0 spiro atoms. The summed E-state index contributed by atoms with van der Waals surface area (Å²) in [6.45, 7) is 4.08. The van der Waals surface area contributed by atoms with Crippen LogP contribution in [-0.4, -0.2) is 5.78 Å². The van der Waals surface area contributed by atoms with Gasteiger partial charge in [-0.1, -0.05) is 25.1 Å². The summed E-state index contributed by atoms with van der Waals surface area (Å²) < 4.78 is 0. The molecule has 0 saturated heterocycles. The number of ketones is 1. The van der Waals surface area contributed by atoms with Gasteiger partial charge < -0.3 is 5.32 Å². The molecule has 1 atom stereocenters. The van der Waals surface area contributed by atoms with E-state index in [2.05, 4.69) is 18.3 Å². The minimum absolute atomic E-state index is 0.189. The van der Waals surface area contributed by atoms with Crippen molar-refractivity contribution in [2.75, 3.05) is 5.32 Å². The molecule has 0 bridgehead atoms. The van der Waals surface area contributed by atoms with Crippen molar-refractivity contribution in [3.63, 3.8) is 0 Å². The van der Waals surface area contributed by atoms with Crippen molar-refractivity contribution < 1.29 is 4.79 Å². The van der Waals surface area contributed by atoms with Crippen molar-refractivity contribution in [2.24, 2.45) is 5.92 Å². The van der Waals surface area contributed by atoms with Crippen molar-refractivity contribution >= 4 is 11.5 Å². The van der Waals surface area contributed by atoms with E-state index in [9.17, 15) is 4.79 Å². The summed E-state index contributed by atoms with van der Waals surface area (Å²) in [6.07, 6.45) is 4.94. The Labute approximate surface area is 103 Å². The Balaban J connectivity index is 2.10. The molecule has 0 unspecified atom stereocenters. The van der Waals surface area contributed by atoms with Gasteiger partial charge >= 0.3 is 0 Å². The third-order valence-corrected chi connectivity index (χ3v) is 3.39. The maximum atomic E-state index is 11.9. The number of Topliss-reactive ketones (excluding diaryl/α,β-unsaturated/α-hetero) is 1. The molecule has 90 valence electrons. The molecule has 1 aliphatic carbocycles. The van der Waals surface area contributed by atoms with Gasteiger partial charge in [0.15, 0.2) is 5.78 Å². The van der Waals surface area contributed by atoms with E-state index in [4.69, 9.17) is 0 Å². The molecule has 2 heteroatoms. The highest BCUT2D eigenvalue weighted by molar-refractivity contribution is 5.97. The predicted molar refractivity (Wildman–Crippen MR) is 70.9 cm³/mol. The van der Waals surface area contributed by atoms with E-state index in [-0.39, 0.29) is 5.92 Å². The molecular formula is C15H19NO. The number of anilines is 1. The van der Waals surface area contributed by atoms with E-state index >= 15 is 0 Å². The first-order valence-corrected chi connectivity index (χ1v) is 6.24. The molecule has 1 aromatic carbocycles. The fourth-order valence-electron chi connectivity index (χ4n) is 2.21. The molecule has 1 aliphatic rings. The van der Waals surface area contributed by atoms with Crippen molar-refractivity contribution in [3.8, 4) is 0 Å². The van der Waals surface area contributed by atoms with Gasteiger partial charge in [0.05, 0.1) is 0 Å². The quantitative estimate of drug-likeness (QED) is 0.784. The van der Waals surface area contributed by atoms with Crippen LogP contribution in [0, 0.1) is 12.8 Å². The van der Waals surface area contributed by atoms with E-state index in [0.717, 1.165) is 30.5 Å². The minimum atomic E-state index is 0.189. The van der Waals surface area contributed by atoms with Gasteiger partial charge in [-0.15, -0.1) is 0 Å². The second-order valence-corrected chi connectivity index (χ2v) is 4.79. The molecule has 2 rings (SSSR count). The van der Waals surface area contributed by atoms with E-state index < -0.39 is 0 Å². The second-order valence-electron chi connectivity index (χ2n) is 4.79. The summed E-state index contributed by atoms with van der Waals surface area (Å²) in [7, 11) is 0. The number of allylic oxidation sites excluding steroid dienone is 1. The van der Waals surface area contributed by atoms with E-state index in [1.54, 1.807) is 0 Å². The van der Waals surface area contributed by atoms with Crippen LogP contribution in [0.2, 0.25) is 0 Å². The number of benzene rings is 1. The van der Waals surface area contributed by atoms with E-state index in [1.807, 2.05) is 31.3 Å². The van der Waals surface area contributed by atoms with Crippen molar-refractivity contribution in [2.45, 2.75) is 33.1 Å². The maximum absolute atomic E-state index is 11.9. The molecule has 1 aromatic rings. The second kappa shape index (κ2) is 5.17. The SMILES string of the molecule is Cc1ccccc1N/C=C1/CCC[C@@H](C)C1=O. The first kappa shape index (κ1) is 11.9. The lowest BCUT2D eigenvalue weighted by Gasteiger charge is -2.19. The van der Waals surface area contributed by atoms with Crippen LogP contribution in [0.25, 0.3) is 0 Å². The monoisotopic (exact) mass is 229 g/mol. The highest BCUT2D eigenvalue weighted by atomic mass is 16.1. The lowest BCUT2D eigenvalue weighted by Crippen LogP contribution is -2.19. The fraction of sp³-hybridized carbons (Fsp3) is 0.400. The summed E-state index contributed by atoms with van der Waals surface area (Å²) in [5.41, 5.74) is 3.21. The maximum Gasteiger partial charge on any atom is 0.163 e. The molecular weight excluding hydrogens is 210 g/mol. The highest BCUT2D eigenvalue weighted by Crippen LogP contribution is 2.25. The highest BCUT2D eigenvalue weighted by Gasteiger charge is 2.22. The zero-order chi connectivity index (χ0) is 12.3. The normalized spacial score (nSPS) is 22.8. The Bertz CT molecular complexity index is 448. The smallest absolute Gasteiger partial charge is 0.163 e. The Kier molecular flexibility index (Phi) is 3.62. The molecule has 0 radical (unpaired) electrons. The first-order chi connectivity index (χ1) is 8.18. The van der Waals surface area contributed by atoms with Crippen LogP contribution in [0.1, 0.15) is 31.7 Å². The largest absolute Gasteiger partial charge is 0.361 e. The average molecular weight is 229 g/mol. The van der Waals surface area contributed by atoms with E-state index in [1.165, 1.54) is 5.56 Å². The van der Waals surface area contributed by atoms with Crippen molar-refractivity contribution in [3.05, 3.63) is 41.6 Å². The Morgan fingerprint density at radius 1 is 1.35 bits per heavy atom. The third-order valence-electron chi connectivity index (χ3n) is 3.39. The number of para-hydroxylation sites is 1. The Morgan fingerprint density at radius 2 is 2.12 bits per heavy atom. The third kappa shape index (κ3) is 2.76. The van der Waals surface area contributed by atoms with Crippen molar-refractivity contribution in [1.82, 2.24) is 0 Å². The van der Waals surface area contributed by atoms with Crippen LogP contribution in [0.3, 0.4) is 0 Å². The summed E-state index contributed by atoms with van der Waals surface area (Å²) in [5.74, 6) is 0.492. The lowest BCUT2D eigenvalue weighted by molar-refractivity contribution is -0.119. The average Bonchev–Trinajstić information content (AvgIpc) is 2.33. The van der Waals surface area contributed by atoms with Crippen LogP contribution in [0.5, 0.6) is 0 Å². The molecule has 1 saturated carbocycles. The van der Waals surface area contributed by atoms with E-state index in [0.29, 0.717) is 5.78 Å². The van der Waals surface area contributed by atoms with Crippen LogP contribution in [0.4, 0.5) is 5.69 Å². The standard InChI is InChI=1S/C15H19NO/c1-11-6-3-4-9-14(11)16-10-13-8-5-7-12(2)15(13)17/h3-4,6,9-10,12,16H,5,7-8H2,1-2H3/b13-10-/t12-/m1/s1. The molecule has 1 N–H and O–H groups in total. The van der Waals surface area contributed by atoms with Gasteiger partial charge in [0.25, 0.3) is 0 Å². The molecule has 17 heavy (non-hydrogen) atoms. The Morgan fingerprint density at radius 3 is 2.88 bits per heavy atom. The lowest BCUT2D eigenvalue weighted by atomic mass is 9.86. The summed E-state index contributed by atoms with van der Waals surface area (Å²) in [5, 5.41) is 3.25. The number of carbonyl (C=O) groups is 1. The van der Waals surface area contributed by atoms with Crippen LogP contribution in [0.15, 0.2) is 36.0 Å². The number of rotatable bonds is 2. The molecule has 0 amide bonds. The van der Waals surface area contributed by atoms with Gasteiger partial charge in [0, 0.05) is 23.4 Å². The summed E-state index contributed by atoms with van der Waals surface area (Å²) >= 11 is 0. The van der Waals surface area contributed by atoms with Gasteiger partial charge in [-0.25, -0.2) is 0 Å².